The Bertz CT molecular complexity index is 776. The molecule has 3 rings (SSSR count). The maximum atomic E-state index is 12.3. The summed E-state index contributed by atoms with van der Waals surface area (Å²) < 4.78 is 0. The lowest BCUT2D eigenvalue weighted by atomic mass is 10.0. The molecule has 2 amide bonds. The Morgan fingerprint density at radius 3 is 2.60 bits per heavy atom. The molecule has 25 heavy (non-hydrogen) atoms. The number of thioether (sulfide) groups is 1. The fourth-order valence-electron chi connectivity index (χ4n) is 2.85. The summed E-state index contributed by atoms with van der Waals surface area (Å²) in [7, 11) is 0. The van der Waals surface area contributed by atoms with Gasteiger partial charge >= 0.3 is 5.97 Å². The van der Waals surface area contributed by atoms with E-state index in [4.69, 9.17) is 5.73 Å². The van der Waals surface area contributed by atoms with E-state index < -0.39 is 35.2 Å². The van der Waals surface area contributed by atoms with Crippen molar-refractivity contribution >= 4 is 29.5 Å². The monoisotopic (exact) mass is 363 g/mol. The number of hydrogen-bond donors (Lipinski definition) is 4. The number of nitrogens with two attached hydrogens (primary N) is 1. The molecule has 2 aliphatic rings. The zero-order chi connectivity index (χ0) is 18.3. The number of carboxylic acids is 1. The Balaban J connectivity index is 1.71. The summed E-state index contributed by atoms with van der Waals surface area (Å²) in [4.78, 5) is 37.2. The molecule has 9 heteroatoms. The maximum Gasteiger partial charge on any atom is 0.352 e. The van der Waals surface area contributed by atoms with E-state index in [2.05, 4.69) is 5.32 Å². The van der Waals surface area contributed by atoms with Gasteiger partial charge in [-0.15, -0.1) is 11.8 Å². The zero-order valence-electron chi connectivity index (χ0n) is 13.3. The molecule has 0 saturated carbocycles. The molecule has 0 spiro atoms. The second-order valence-corrected chi connectivity index (χ2v) is 7.00. The SMILES string of the molecule is CC1=C(C(=O)O)N2C(=O)[C@H](NC(=O)[C@@H](N)c3ccc(O)cc3)[C@@H]2SC1. The first-order chi connectivity index (χ1) is 11.8. The summed E-state index contributed by atoms with van der Waals surface area (Å²) >= 11 is 1.40. The highest BCUT2D eigenvalue weighted by Crippen LogP contribution is 2.40. The second kappa shape index (κ2) is 6.41. The Kier molecular flexibility index (Phi) is 4.44. The lowest BCUT2D eigenvalue weighted by Crippen LogP contribution is -2.71. The van der Waals surface area contributed by atoms with Gasteiger partial charge in [-0.2, -0.15) is 0 Å². The van der Waals surface area contributed by atoms with Crippen LogP contribution >= 0.6 is 11.8 Å². The molecule has 8 nitrogen and oxygen atoms in total. The number of aromatic hydroxyl groups is 1. The molecule has 1 fully saturated rings. The fraction of sp³-hybridized carbons (Fsp3) is 0.312. The van der Waals surface area contributed by atoms with Crippen molar-refractivity contribution in [1.29, 1.82) is 0 Å². The van der Waals surface area contributed by atoms with Crippen LogP contribution in [0.15, 0.2) is 35.5 Å². The third kappa shape index (κ3) is 2.96. The first-order valence-electron chi connectivity index (χ1n) is 7.54. The van der Waals surface area contributed by atoms with Crippen molar-refractivity contribution < 1.29 is 24.6 Å². The summed E-state index contributed by atoms with van der Waals surface area (Å²) in [6.45, 7) is 1.67. The molecule has 0 aromatic heterocycles. The van der Waals surface area contributed by atoms with Crippen LogP contribution in [0.25, 0.3) is 0 Å². The molecule has 0 bridgehead atoms. The van der Waals surface area contributed by atoms with Gasteiger partial charge in [-0.3, -0.25) is 14.5 Å². The molecule has 1 aromatic rings. The molecule has 2 aliphatic heterocycles. The minimum atomic E-state index is -1.15. The van der Waals surface area contributed by atoms with Gasteiger partial charge in [0.15, 0.2) is 0 Å². The minimum Gasteiger partial charge on any atom is -0.508 e. The summed E-state index contributed by atoms with van der Waals surface area (Å²) in [5.41, 5.74) is 7.00. The number of nitrogens with zero attached hydrogens (tertiary/aromatic N) is 1. The Hall–Kier alpha value is -2.52. The maximum absolute atomic E-state index is 12.3. The zero-order valence-corrected chi connectivity index (χ0v) is 14.1. The van der Waals surface area contributed by atoms with Crippen molar-refractivity contribution in [2.75, 3.05) is 5.75 Å². The van der Waals surface area contributed by atoms with Gasteiger partial charge in [-0.25, -0.2) is 4.79 Å². The largest absolute Gasteiger partial charge is 0.508 e. The summed E-state index contributed by atoms with van der Waals surface area (Å²) in [5, 5.41) is 20.7. The van der Waals surface area contributed by atoms with Crippen molar-refractivity contribution in [2.24, 2.45) is 5.73 Å². The summed E-state index contributed by atoms with van der Waals surface area (Å²) in [5.74, 6) is -1.61. The molecule has 0 unspecified atom stereocenters. The highest BCUT2D eigenvalue weighted by atomic mass is 32.2. The molecule has 1 saturated heterocycles. The normalized spacial score (nSPS) is 23.6. The second-order valence-electron chi connectivity index (χ2n) is 5.90. The average Bonchev–Trinajstić information content (AvgIpc) is 2.58. The number of benzene rings is 1. The van der Waals surface area contributed by atoms with Gasteiger partial charge in [0.05, 0.1) is 0 Å². The molecule has 5 N–H and O–H groups in total. The van der Waals surface area contributed by atoms with E-state index in [1.54, 1.807) is 6.92 Å². The number of carboxylic acid groups (broad SMARTS) is 1. The first-order valence-corrected chi connectivity index (χ1v) is 8.58. The number of hydrogen-bond acceptors (Lipinski definition) is 6. The third-order valence-electron chi connectivity index (χ3n) is 4.19. The van der Waals surface area contributed by atoms with Crippen LogP contribution < -0.4 is 11.1 Å². The van der Waals surface area contributed by atoms with Crippen molar-refractivity contribution in [1.82, 2.24) is 10.2 Å². The number of nitrogens with one attached hydrogen (secondary N) is 1. The summed E-state index contributed by atoms with van der Waals surface area (Å²) in [6.07, 6.45) is 0. The van der Waals surface area contributed by atoms with Gasteiger partial charge < -0.3 is 21.3 Å². The number of rotatable bonds is 4. The van der Waals surface area contributed by atoms with Gasteiger partial charge in [0.1, 0.15) is 28.9 Å². The van der Waals surface area contributed by atoms with Gasteiger partial charge in [-0.05, 0) is 30.2 Å². The standard InChI is InChI=1S/C16H17N3O5S/c1-7-6-25-15-11(14(22)19(15)12(7)16(23)24)18-13(21)10(17)8-2-4-9(20)5-3-8/h2-5,10-11,15,20H,6,17H2,1H3,(H,18,21)(H,23,24)/t10-,11-,15-/m0/s1. The van der Waals surface area contributed by atoms with Gasteiger partial charge in [-0.1, -0.05) is 12.1 Å². The quantitative estimate of drug-likeness (QED) is 0.560. The predicted molar refractivity (Wildman–Crippen MR) is 90.4 cm³/mol. The van der Waals surface area contributed by atoms with Crippen LogP contribution in [-0.2, 0) is 14.4 Å². The first kappa shape index (κ1) is 17.3. The van der Waals surface area contributed by atoms with Crippen LogP contribution in [0.5, 0.6) is 5.75 Å². The molecular formula is C16H17N3O5S. The topological polar surface area (TPSA) is 133 Å². The fourth-order valence-corrected chi connectivity index (χ4v) is 4.14. The Morgan fingerprint density at radius 2 is 2.00 bits per heavy atom. The molecule has 132 valence electrons. The molecule has 0 radical (unpaired) electrons. The van der Waals surface area contributed by atoms with Gasteiger partial charge in [0.2, 0.25) is 5.91 Å². The number of β-lactam (4-membered cyclic amide) rings is 1. The lowest BCUT2D eigenvalue weighted by molar-refractivity contribution is -0.150. The van der Waals surface area contributed by atoms with E-state index in [1.807, 2.05) is 0 Å². The molecule has 0 aliphatic carbocycles. The van der Waals surface area contributed by atoms with Crippen molar-refractivity contribution in [3.05, 3.63) is 41.1 Å². The van der Waals surface area contributed by atoms with Crippen LogP contribution in [-0.4, -0.2) is 50.1 Å². The van der Waals surface area contributed by atoms with Crippen LogP contribution in [0.2, 0.25) is 0 Å². The number of fused-ring (bicyclic) bond motifs is 1. The number of aliphatic carboxylic acids is 1. The minimum absolute atomic E-state index is 0.0120. The van der Waals surface area contributed by atoms with Gasteiger partial charge in [0.25, 0.3) is 5.91 Å². The van der Waals surface area contributed by atoms with Crippen LogP contribution in [0, 0.1) is 0 Å². The third-order valence-corrected chi connectivity index (χ3v) is 5.62. The highest BCUT2D eigenvalue weighted by molar-refractivity contribution is 8.00. The predicted octanol–water partition coefficient (Wildman–Crippen LogP) is 0.151. The van der Waals surface area contributed by atoms with E-state index in [-0.39, 0.29) is 11.4 Å². The smallest absolute Gasteiger partial charge is 0.352 e. The molecule has 3 atom stereocenters. The number of carbonyl (C=O) groups excluding carboxylic acids is 2. The van der Waals surface area contributed by atoms with E-state index in [1.165, 1.54) is 40.9 Å². The van der Waals surface area contributed by atoms with E-state index in [9.17, 15) is 24.6 Å². The van der Waals surface area contributed by atoms with E-state index in [0.717, 1.165) is 0 Å². The average molecular weight is 363 g/mol. The van der Waals surface area contributed by atoms with Crippen molar-refractivity contribution in [2.45, 2.75) is 24.4 Å². The van der Waals surface area contributed by atoms with E-state index >= 15 is 0 Å². The Morgan fingerprint density at radius 1 is 1.36 bits per heavy atom. The molecule has 2 heterocycles. The van der Waals surface area contributed by atoms with Crippen molar-refractivity contribution in [3.63, 3.8) is 0 Å². The lowest BCUT2D eigenvalue weighted by Gasteiger charge is -2.49. The molecular weight excluding hydrogens is 346 g/mol. The van der Waals surface area contributed by atoms with Crippen LogP contribution in [0.3, 0.4) is 0 Å². The molecule has 1 aromatic carbocycles. The van der Waals surface area contributed by atoms with E-state index in [0.29, 0.717) is 16.9 Å². The number of amides is 2. The van der Waals surface area contributed by atoms with Gasteiger partial charge in [0, 0.05) is 5.75 Å². The number of phenolic OH excluding ortho intramolecular Hbond substituents is 1. The number of carbonyl (C=O) groups is 3. The summed E-state index contributed by atoms with van der Waals surface area (Å²) in [6, 6.07) is 4.09. The van der Waals surface area contributed by atoms with Crippen LogP contribution in [0.4, 0.5) is 0 Å². The highest BCUT2D eigenvalue weighted by Gasteiger charge is 2.53. The van der Waals surface area contributed by atoms with Crippen LogP contribution in [0.1, 0.15) is 18.5 Å². The number of phenols is 1. The van der Waals surface area contributed by atoms with Crippen molar-refractivity contribution in [3.8, 4) is 5.75 Å². The Labute approximate surface area is 147 Å².